The van der Waals surface area contributed by atoms with E-state index in [0.717, 1.165) is 38.2 Å². The van der Waals surface area contributed by atoms with Gasteiger partial charge in [0.25, 0.3) is 0 Å². The third kappa shape index (κ3) is 1.99. The smallest absolute Gasteiger partial charge is 0.0698 e. The van der Waals surface area contributed by atoms with E-state index in [0.29, 0.717) is 0 Å². The van der Waals surface area contributed by atoms with Gasteiger partial charge in [-0.2, -0.15) is 0 Å². The van der Waals surface area contributed by atoms with E-state index in [4.69, 9.17) is 0 Å². The van der Waals surface area contributed by atoms with Gasteiger partial charge in [-0.15, -0.1) is 0 Å². The second kappa shape index (κ2) is 4.62. The third-order valence-electron chi connectivity index (χ3n) is 2.72. The van der Waals surface area contributed by atoms with E-state index in [2.05, 4.69) is 22.7 Å². The zero-order valence-corrected chi connectivity index (χ0v) is 8.37. The molecule has 0 saturated carbocycles. The van der Waals surface area contributed by atoms with Crippen molar-refractivity contribution in [2.75, 3.05) is 32.8 Å². The standard InChI is InChI=1S/C11H17N2O/c14-9-10-3-1-2-4-11(10)13-7-5-12-6-8-13/h1,3-4,12,14H,2,5-9H2. The molecule has 0 aromatic rings. The van der Waals surface area contributed by atoms with Crippen molar-refractivity contribution >= 4 is 0 Å². The van der Waals surface area contributed by atoms with Crippen LogP contribution in [0.4, 0.5) is 0 Å². The van der Waals surface area contributed by atoms with Crippen LogP contribution in [-0.4, -0.2) is 42.8 Å². The van der Waals surface area contributed by atoms with Crippen LogP contribution in [0, 0.1) is 6.42 Å². The van der Waals surface area contributed by atoms with Crippen molar-refractivity contribution in [3.63, 3.8) is 0 Å². The topological polar surface area (TPSA) is 35.5 Å². The first-order valence-electron chi connectivity index (χ1n) is 5.21. The van der Waals surface area contributed by atoms with Gasteiger partial charge >= 0.3 is 0 Å². The molecule has 0 spiro atoms. The van der Waals surface area contributed by atoms with Crippen molar-refractivity contribution in [3.8, 4) is 0 Å². The molecular formula is C11H17N2O. The van der Waals surface area contributed by atoms with E-state index >= 15 is 0 Å². The molecule has 2 rings (SSSR count). The molecule has 3 nitrogen and oxygen atoms in total. The summed E-state index contributed by atoms with van der Waals surface area (Å²) in [5, 5.41) is 12.5. The Morgan fingerprint density at radius 2 is 2.14 bits per heavy atom. The van der Waals surface area contributed by atoms with Crippen LogP contribution in [-0.2, 0) is 0 Å². The molecule has 77 valence electrons. The molecule has 14 heavy (non-hydrogen) atoms. The molecule has 0 unspecified atom stereocenters. The number of hydrogen-bond acceptors (Lipinski definition) is 3. The minimum atomic E-state index is 0.145. The van der Waals surface area contributed by atoms with E-state index in [1.54, 1.807) is 0 Å². The first-order chi connectivity index (χ1) is 6.92. The molecule has 1 fully saturated rings. The van der Waals surface area contributed by atoms with Gasteiger partial charge in [-0.1, -0.05) is 12.2 Å². The fourth-order valence-corrected chi connectivity index (χ4v) is 1.98. The Bertz CT molecular complexity index is 252. The summed E-state index contributed by atoms with van der Waals surface area (Å²) >= 11 is 0. The molecule has 0 bridgehead atoms. The van der Waals surface area contributed by atoms with E-state index in [1.165, 1.54) is 5.70 Å². The molecular weight excluding hydrogens is 176 g/mol. The first-order valence-corrected chi connectivity index (χ1v) is 5.21. The number of rotatable bonds is 2. The van der Waals surface area contributed by atoms with E-state index in [9.17, 15) is 5.11 Å². The van der Waals surface area contributed by atoms with Gasteiger partial charge in [-0.25, -0.2) is 0 Å². The Kier molecular flexibility index (Phi) is 3.22. The van der Waals surface area contributed by atoms with Crippen LogP contribution in [0.5, 0.6) is 0 Å². The third-order valence-corrected chi connectivity index (χ3v) is 2.72. The Balaban J connectivity index is 2.07. The highest BCUT2D eigenvalue weighted by Crippen LogP contribution is 2.21. The van der Waals surface area contributed by atoms with Gasteiger partial charge in [-0.3, -0.25) is 0 Å². The van der Waals surface area contributed by atoms with Crippen LogP contribution in [0.1, 0.15) is 6.42 Å². The number of piperazine rings is 1. The van der Waals surface area contributed by atoms with Crippen molar-refractivity contribution in [3.05, 3.63) is 29.8 Å². The molecule has 2 N–H and O–H groups in total. The number of aliphatic hydroxyl groups is 1. The summed E-state index contributed by atoms with van der Waals surface area (Å²) in [4.78, 5) is 2.35. The summed E-state index contributed by atoms with van der Waals surface area (Å²) in [6, 6.07) is 0. The highest BCUT2D eigenvalue weighted by atomic mass is 16.3. The molecule has 1 radical (unpaired) electrons. The Morgan fingerprint density at radius 3 is 2.86 bits per heavy atom. The first kappa shape index (κ1) is 9.74. The van der Waals surface area contributed by atoms with E-state index < -0.39 is 0 Å². The zero-order valence-electron chi connectivity index (χ0n) is 8.37. The maximum atomic E-state index is 9.22. The predicted octanol–water partition coefficient (Wildman–Crippen LogP) is 0.302. The number of hydrogen-bond donors (Lipinski definition) is 2. The highest BCUT2D eigenvalue weighted by molar-refractivity contribution is 5.36. The average molecular weight is 193 g/mol. The SMILES string of the molecule is OCC1=C[CH]CC=C1N1CCNCC1. The summed E-state index contributed by atoms with van der Waals surface area (Å²) in [5.41, 5.74) is 2.29. The van der Waals surface area contributed by atoms with Crippen LogP contribution in [0.25, 0.3) is 0 Å². The fraction of sp³-hybridized carbons (Fsp3) is 0.545. The van der Waals surface area contributed by atoms with Gasteiger partial charge < -0.3 is 15.3 Å². The van der Waals surface area contributed by atoms with Gasteiger partial charge in [0.05, 0.1) is 6.61 Å². The quantitative estimate of drug-likeness (QED) is 0.662. The summed E-state index contributed by atoms with van der Waals surface area (Å²) in [6.07, 6.45) is 7.33. The van der Waals surface area contributed by atoms with Crippen molar-refractivity contribution in [1.82, 2.24) is 10.2 Å². The second-order valence-electron chi connectivity index (χ2n) is 3.65. The summed E-state index contributed by atoms with van der Waals surface area (Å²) in [7, 11) is 0. The number of allylic oxidation sites excluding steroid dienone is 2. The molecule has 1 aliphatic heterocycles. The van der Waals surface area contributed by atoms with Crippen molar-refractivity contribution in [1.29, 1.82) is 0 Å². The van der Waals surface area contributed by atoms with Gasteiger partial charge in [0.1, 0.15) is 0 Å². The predicted molar refractivity (Wildman–Crippen MR) is 56.6 cm³/mol. The number of aliphatic hydroxyl groups excluding tert-OH is 1. The van der Waals surface area contributed by atoms with Crippen LogP contribution >= 0.6 is 0 Å². The van der Waals surface area contributed by atoms with Crippen molar-refractivity contribution < 1.29 is 5.11 Å². The largest absolute Gasteiger partial charge is 0.392 e. The van der Waals surface area contributed by atoms with E-state index in [1.807, 2.05) is 6.08 Å². The van der Waals surface area contributed by atoms with E-state index in [-0.39, 0.29) is 6.61 Å². The van der Waals surface area contributed by atoms with Crippen molar-refractivity contribution in [2.24, 2.45) is 0 Å². The van der Waals surface area contributed by atoms with Crippen LogP contribution in [0.15, 0.2) is 23.4 Å². The van der Waals surface area contributed by atoms with Crippen LogP contribution < -0.4 is 5.32 Å². The molecule has 1 saturated heterocycles. The molecule has 0 aromatic heterocycles. The Labute approximate surface area is 85.1 Å². The van der Waals surface area contributed by atoms with Crippen LogP contribution in [0.2, 0.25) is 0 Å². The van der Waals surface area contributed by atoms with Crippen molar-refractivity contribution in [2.45, 2.75) is 6.42 Å². The average Bonchev–Trinajstić information content (AvgIpc) is 2.30. The molecule has 0 atom stereocenters. The minimum Gasteiger partial charge on any atom is -0.392 e. The van der Waals surface area contributed by atoms with Gasteiger partial charge in [0.2, 0.25) is 0 Å². The minimum absolute atomic E-state index is 0.145. The maximum Gasteiger partial charge on any atom is 0.0698 e. The number of nitrogens with one attached hydrogen (secondary N) is 1. The Hall–Kier alpha value is -0.800. The van der Waals surface area contributed by atoms with Gasteiger partial charge in [0.15, 0.2) is 0 Å². The molecule has 0 amide bonds. The highest BCUT2D eigenvalue weighted by Gasteiger charge is 2.17. The maximum absolute atomic E-state index is 9.22. The summed E-state index contributed by atoms with van der Waals surface area (Å²) < 4.78 is 0. The van der Waals surface area contributed by atoms with Crippen LogP contribution in [0.3, 0.4) is 0 Å². The number of nitrogens with zero attached hydrogens (tertiary/aromatic N) is 1. The van der Waals surface area contributed by atoms with Gasteiger partial charge in [-0.05, 0) is 18.4 Å². The molecule has 3 heteroatoms. The lowest BCUT2D eigenvalue weighted by Gasteiger charge is -2.33. The lowest BCUT2D eigenvalue weighted by atomic mass is 10.0. The zero-order chi connectivity index (χ0) is 9.80. The summed E-state index contributed by atoms with van der Waals surface area (Å²) in [6.45, 7) is 4.32. The molecule has 2 aliphatic rings. The summed E-state index contributed by atoms with van der Waals surface area (Å²) in [5.74, 6) is 0. The normalized spacial score (nSPS) is 23.1. The fourth-order valence-electron chi connectivity index (χ4n) is 1.98. The molecule has 1 heterocycles. The van der Waals surface area contributed by atoms with Gasteiger partial charge in [0, 0.05) is 31.9 Å². The lowest BCUT2D eigenvalue weighted by molar-refractivity contribution is 0.282. The second-order valence-corrected chi connectivity index (χ2v) is 3.65. The Morgan fingerprint density at radius 1 is 1.36 bits per heavy atom. The molecule has 0 aromatic carbocycles. The molecule has 1 aliphatic carbocycles. The lowest BCUT2D eigenvalue weighted by Crippen LogP contribution is -2.43. The monoisotopic (exact) mass is 193 g/mol.